The van der Waals surface area contributed by atoms with E-state index in [-0.39, 0.29) is 10.8 Å². The molecule has 0 amide bonds. The highest BCUT2D eigenvalue weighted by Gasteiger charge is 2.17. The lowest BCUT2D eigenvalue weighted by Crippen LogP contribution is -2.22. The molecule has 10 heteroatoms. The Hall–Kier alpha value is -1.81. The Morgan fingerprint density at radius 3 is 2.86 bits per heavy atom. The Labute approximate surface area is 135 Å². The van der Waals surface area contributed by atoms with Gasteiger partial charge in [0, 0.05) is 6.20 Å². The molecule has 3 heterocycles. The Balaban J connectivity index is 1.71. The number of nitrogens with one attached hydrogen (secondary N) is 1. The molecular weight excluding hydrogens is 346 g/mol. The first-order valence-corrected chi connectivity index (χ1v) is 8.79. The summed E-state index contributed by atoms with van der Waals surface area (Å²) in [4.78, 5) is 3.99. The van der Waals surface area contributed by atoms with E-state index in [0.29, 0.717) is 10.0 Å². The van der Waals surface area contributed by atoms with Gasteiger partial charge in [0.15, 0.2) is 0 Å². The van der Waals surface area contributed by atoms with Crippen molar-refractivity contribution in [2.45, 2.75) is 10.8 Å². The van der Waals surface area contributed by atoms with Crippen molar-refractivity contribution >= 4 is 33.0 Å². The zero-order valence-electron chi connectivity index (χ0n) is 11.0. The number of aromatic nitrogens is 4. The third-order valence-corrected chi connectivity index (χ3v) is 5.83. The second kappa shape index (κ2) is 6.13. The van der Waals surface area contributed by atoms with Gasteiger partial charge >= 0.3 is 0 Å². The highest BCUT2D eigenvalue weighted by molar-refractivity contribution is 7.91. The molecule has 0 aliphatic carbocycles. The van der Waals surface area contributed by atoms with Gasteiger partial charge in [0.05, 0.1) is 34.7 Å². The zero-order chi connectivity index (χ0) is 15.6. The number of pyridine rings is 1. The summed E-state index contributed by atoms with van der Waals surface area (Å²) in [5.74, 6) is 0. The molecule has 0 aliphatic rings. The second-order valence-corrected chi connectivity index (χ2v) is 7.96. The average Bonchev–Trinajstić information content (AvgIpc) is 3.15. The van der Waals surface area contributed by atoms with E-state index in [2.05, 4.69) is 20.0 Å². The summed E-state index contributed by atoms with van der Waals surface area (Å²) in [5.41, 5.74) is 1.24. The highest BCUT2D eigenvalue weighted by atomic mass is 35.5. The van der Waals surface area contributed by atoms with Gasteiger partial charge in [-0.25, -0.2) is 17.8 Å². The van der Waals surface area contributed by atoms with Crippen LogP contribution in [0.4, 0.5) is 0 Å². The fraction of sp³-hybridized carbons (Fsp3) is 0.0833. The molecule has 3 rings (SSSR count). The lowest BCUT2D eigenvalue weighted by molar-refractivity contribution is 0.582. The van der Waals surface area contributed by atoms with Crippen LogP contribution in [-0.4, -0.2) is 28.4 Å². The molecule has 0 unspecified atom stereocenters. The molecule has 0 bridgehead atoms. The van der Waals surface area contributed by atoms with Crippen molar-refractivity contribution in [1.29, 1.82) is 0 Å². The van der Waals surface area contributed by atoms with Crippen molar-refractivity contribution in [2.24, 2.45) is 0 Å². The molecule has 1 N–H and O–H groups in total. The lowest BCUT2D eigenvalue weighted by atomic mass is 10.4. The molecule has 0 fully saturated rings. The summed E-state index contributed by atoms with van der Waals surface area (Å²) < 4.78 is 28.7. The highest BCUT2D eigenvalue weighted by Crippen LogP contribution is 2.25. The first-order chi connectivity index (χ1) is 10.5. The zero-order valence-corrected chi connectivity index (χ0v) is 13.4. The van der Waals surface area contributed by atoms with E-state index in [1.807, 2.05) is 6.07 Å². The van der Waals surface area contributed by atoms with Crippen LogP contribution >= 0.6 is 22.9 Å². The number of hydrogen-bond acceptors (Lipinski definition) is 6. The van der Waals surface area contributed by atoms with Gasteiger partial charge < -0.3 is 0 Å². The minimum Gasteiger partial charge on any atom is -0.262 e. The van der Waals surface area contributed by atoms with Crippen molar-refractivity contribution in [3.8, 4) is 5.69 Å². The summed E-state index contributed by atoms with van der Waals surface area (Å²) >= 11 is 6.75. The predicted molar refractivity (Wildman–Crippen MR) is 82.5 cm³/mol. The van der Waals surface area contributed by atoms with Crippen molar-refractivity contribution < 1.29 is 8.42 Å². The van der Waals surface area contributed by atoms with Crippen LogP contribution in [0.3, 0.4) is 0 Å². The van der Waals surface area contributed by atoms with E-state index in [0.717, 1.165) is 17.0 Å². The Morgan fingerprint density at radius 2 is 2.18 bits per heavy atom. The summed E-state index contributed by atoms with van der Waals surface area (Å²) in [6.07, 6.45) is 4.93. The smallest absolute Gasteiger partial charge is 0.250 e. The first-order valence-electron chi connectivity index (χ1n) is 6.11. The minimum atomic E-state index is -3.60. The van der Waals surface area contributed by atoms with Gasteiger partial charge in [0.2, 0.25) is 10.0 Å². The molecule has 114 valence electrons. The van der Waals surface area contributed by atoms with Gasteiger partial charge in [-0.15, -0.1) is 16.4 Å². The fourth-order valence-electron chi connectivity index (χ4n) is 1.68. The van der Waals surface area contributed by atoms with E-state index in [9.17, 15) is 8.42 Å². The summed E-state index contributed by atoms with van der Waals surface area (Å²) in [6.45, 7) is 0.0398. The molecule has 7 nitrogen and oxygen atoms in total. The normalized spacial score (nSPS) is 11.7. The molecule has 22 heavy (non-hydrogen) atoms. The topological polar surface area (TPSA) is 89.8 Å². The van der Waals surface area contributed by atoms with Crippen LogP contribution < -0.4 is 4.72 Å². The van der Waals surface area contributed by atoms with Crippen molar-refractivity contribution in [1.82, 2.24) is 24.7 Å². The first kappa shape index (κ1) is 15.1. The quantitative estimate of drug-likeness (QED) is 0.754. The van der Waals surface area contributed by atoms with Gasteiger partial charge in [-0.3, -0.25) is 4.98 Å². The molecule has 3 aromatic rings. The molecule has 3 aromatic heterocycles. The minimum absolute atomic E-state index is 0.0398. The van der Waals surface area contributed by atoms with Crippen molar-refractivity contribution in [3.05, 3.63) is 52.9 Å². The van der Waals surface area contributed by atoms with Crippen LogP contribution in [0.25, 0.3) is 5.69 Å². The van der Waals surface area contributed by atoms with Gasteiger partial charge in [0.1, 0.15) is 4.21 Å². The van der Waals surface area contributed by atoms with Crippen LogP contribution in [-0.2, 0) is 16.6 Å². The van der Waals surface area contributed by atoms with E-state index in [1.165, 1.54) is 10.7 Å². The van der Waals surface area contributed by atoms with Crippen LogP contribution in [0.15, 0.2) is 47.1 Å². The van der Waals surface area contributed by atoms with E-state index in [1.54, 1.807) is 30.7 Å². The number of thiophene rings is 1. The molecule has 0 aromatic carbocycles. The molecule has 0 aliphatic heterocycles. The fourth-order valence-corrected chi connectivity index (χ4v) is 4.20. The molecule has 0 saturated heterocycles. The van der Waals surface area contributed by atoms with E-state index < -0.39 is 10.0 Å². The largest absolute Gasteiger partial charge is 0.262 e. The molecule has 0 spiro atoms. The average molecular weight is 356 g/mol. The third-order valence-electron chi connectivity index (χ3n) is 2.71. The number of hydrogen-bond donors (Lipinski definition) is 1. The number of rotatable bonds is 5. The molecule has 0 atom stereocenters. The van der Waals surface area contributed by atoms with Gasteiger partial charge in [-0.2, -0.15) is 0 Å². The maximum absolute atomic E-state index is 12.1. The van der Waals surface area contributed by atoms with Crippen LogP contribution in [0.1, 0.15) is 5.69 Å². The standard InChI is InChI=1S/C12H10ClN5O2S2/c13-11-3-4-12(21-11)22(19,20)15-6-9-8-18(17-16-9)10-2-1-5-14-7-10/h1-5,7-8,15H,6H2. The van der Waals surface area contributed by atoms with Crippen LogP contribution in [0, 0.1) is 0 Å². The van der Waals surface area contributed by atoms with Crippen molar-refractivity contribution in [3.63, 3.8) is 0 Å². The molecule has 0 saturated carbocycles. The maximum Gasteiger partial charge on any atom is 0.250 e. The SMILES string of the molecule is O=S(=O)(NCc1cn(-c2cccnc2)nn1)c1ccc(Cl)s1. The molecular formula is C12H10ClN5O2S2. The van der Waals surface area contributed by atoms with Crippen LogP contribution in [0.5, 0.6) is 0 Å². The Bertz CT molecular complexity index is 876. The second-order valence-electron chi connectivity index (χ2n) is 4.25. The summed E-state index contributed by atoms with van der Waals surface area (Å²) in [5, 5.41) is 7.87. The number of nitrogens with zero attached hydrogens (tertiary/aromatic N) is 4. The Morgan fingerprint density at radius 1 is 1.32 bits per heavy atom. The van der Waals surface area contributed by atoms with Gasteiger partial charge in [-0.05, 0) is 24.3 Å². The number of sulfonamides is 1. The van der Waals surface area contributed by atoms with Crippen LogP contribution in [0.2, 0.25) is 4.34 Å². The predicted octanol–water partition coefficient (Wildman–Crippen LogP) is 1.86. The summed E-state index contributed by atoms with van der Waals surface area (Å²) in [7, 11) is -3.60. The summed E-state index contributed by atoms with van der Waals surface area (Å²) in [6, 6.07) is 6.60. The van der Waals surface area contributed by atoms with Gasteiger partial charge in [0.25, 0.3) is 0 Å². The monoisotopic (exact) mass is 355 g/mol. The number of halogens is 1. The molecule has 0 radical (unpaired) electrons. The van der Waals surface area contributed by atoms with Gasteiger partial charge in [-0.1, -0.05) is 16.8 Å². The third kappa shape index (κ3) is 3.33. The van der Waals surface area contributed by atoms with E-state index >= 15 is 0 Å². The van der Waals surface area contributed by atoms with E-state index in [4.69, 9.17) is 11.6 Å². The van der Waals surface area contributed by atoms with Crippen molar-refractivity contribution in [2.75, 3.05) is 0 Å². The lowest BCUT2D eigenvalue weighted by Gasteiger charge is -2.01. The maximum atomic E-state index is 12.1. The Kier molecular flexibility index (Phi) is 4.21.